The van der Waals surface area contributed by atoms with Crippen molar-refractivity contribution in [1.29, 1.82) is 0 Å². The highest BCUT2D eigenvalue weighted by molar-refractivity contribution is 7.92. The van der Waals surface area contributed by atoms with E-state index in [0.29, 0.717) is 5.69 Å². The SMILES string of the molecule is C=CCN(c1ccc2cc3ccccc3cc2c1)S(=O)(=O)c1ccc(C)cc1. The summed E-state index contributed by atoms with van der Waals surface area (Å²) in [6.45, 7) is 5.88. The number of hydrogen-bond acceptors (Lipinski definition) is 2. The Morgan fingerprint density at radius 3 is 2.07 bits per heavy atom. The van der Waals surface area contributed by atoms with Crippen LogP contribution >= 0.6 is 0 Å². The lowest BCUT2D eigenvalue weighted by Gasteiger charge is -2.23. The van der Waals surface area contributed by atoms with E-state index in [1.165, 1.54) is 4.31 Å². The summed E-state index contributed by atoms with van der Waals surface area (Å²) in [5, 5.41) is 4.37. The van der Waals surface area contributed by atoms with Crippen LogP contribution in [0.4, 0.5) is 5.69 Å². The van der Waals surface area contributed by atoms with Crippen LogP contribution < -0.4 is 4.31 Å². The van der Waals surface area contributed by atoms with Crippen LogP contribution in [-0.4, -0.2) is 15.0 Å². The molecule has 0 saturated heterocycles. The summed E-state index contributed by atoms with van der Waals surface area (Å²) in [6.07, 6.45) is 1.61. The Morgan fingerprint density at radius 1 is 0.821 bits per heavy atom. The first-order valence-electron chi connectivity index (χ1n) is 9.12. The summed E-state index contributed by atoms with van der Waals surface area (Å²) < 4.78 is 27.9. The third-order valence-electron chi connectivity index (χ3n) is 4.88. The number of nitrogens with zero attached hydrogens (tertiary/aromatic N) is 1. The molecule has 4 rings (SSSR count). The van der Waals surface area contributed by atoms with Crippen LogP contribution in [0.2, 0.25) is 0 Å². The van der Waals surface area contributed by atoms with E-state index in [4.69, 9.17) is 0 Å². The average Bonchev–Trinajstić information content (AvgIpc) is 2.70. The summed E-state index contributed by atoms with van der Waals surface area (Å²) in [5.41, 5.74) is 1.65. The van der Waals surface area contributed by atoms with Gasteiger partial charge in [-0.2, -0.15) is 0 Å². The minimum absolute atomic E-state index is 0.204. The lowest BCUT2D eigenvalue weighted by Crippen LogP contribution is -2.31. The maximum atomic E-state index is 13.3. The van der Waals surface area contributed by atoms with E-state index in [0.717, 1.165) is 27.1 Å². The first-order valence-corrected chi connectivity index (χ1v) is 10.6. The molecular formula is C24H21NO2S. The Kier molecular flexibility index (Phi) is 4.65. The normalized spacial score (nSPS) is 11.6. The van der Waals surface area contributed by atoms with Gasteiger partial charge >= 0.3 is 0 Å². The average molecular weight is 388 g/mol. The van der Waals surface area contributed by atoms with Crippen molar-refractivity contribution in [2.45, 2.75) is 11.8 Å². The van der Waals surface area contributed by atoms with Gasteiger partial charge in [-0.1, -0.05) is 54.1 Å². The Bertz CT molecular complexity index is 1280. The third-order valence-corrected chi connectivity index (χ3v) is 6.69. The van der Waals surface area contributed by atoms with Crippen molar-refractivity contribution in [2.75, 3.05) is 10.8 Å². The first-order chi connectivity index (χ1) is 13.5. The Balaban J connectivity index is 1.85. The second-order valence-corrected chi connectivity index (χ2v) is 8.73. The highest BCUT2D eigenvalue weighted by Gasteiger charge is 2.24. The molecule has 4 heteroatoms. The van der Waals surface area contributed by atoms with Gasteiger partial charge in [0.2, 0.25) is 0 Å². The van der Waals surface area contributed by atoms with Crippen LogP contribution in [0.1, 0.15) is 5.56 Å². The topological polar surface area (TPSA) is 37.4 Å². The van der Waals surface area contributed by atoms with Gasteiger partial charge in [-0.25, -0.2) is 8.42 Å². The van der Waals surface area contributed by atoms with Crippen molar-refractivity contribution in [1.82, 2.24) is 0 Å². The molecule has 0 aliphatic carbocycles. The zero-order valence-corrected chi connectivity index (χ0v) is 16.5. The van der Waals surface area contributed by atoms with Crippen LogP contribution in [0.5, 0.6) is 0 Å². The van der Waals surface area contributed by atoms with E-state index in [2.05, 4.69) is 30.8 Å². The zero-order chi connectivity index (χ0) is 19.7. The third kappa shape index (κ3) is 3.27. The summed E-state index contributed by atoms with van der Waals surface area (Å²) in [6, 6.07) is 25.1. The maximum Gasteiger partial charge on any atom is 0.264 e. The first kappa shape index (κ1) is 18.3. The minimum atomic E-state index is -3.68. The molecule has 0 heterocycles. The van der Waals surface area contributed by atoms with Crippen molar-refractivity contribution >= 4 is 37.3 Å². The number of hydrogen-bond donors (Lipinski definition) is 0. The molecule has 0 aliphatic heterocycles. The van der Waals surface area contributed by atoms with Gasteiger partial charge in [0, 0.05) is 0 Å². The molecule has 28 heavy (non-hydrogen) atoms. The fourth-order valence-corrected chi connectivity index (χ4v) is 4.81. The largest absolute Gasteiger partial charge is 0.264 e. The van der Waals surface area contributed by atoms with E-state index in [9.17, 15) is 8.42 Å². The van der Waals surface area contributed by atoms with Gasteiger partial charge in [-0.3, -0.25) is 4.31 Å². The monoisotopic (exact) mass is 387 g/mol. The molecule has 3 nitrogen and oxygen atoms in total. The number of anilines is 1. The van der Waals surface area contributed by atoms with Crippen molar-refractivity contribution in [3.63, 3.8) is 0 Å². The lowest BCUT2D eigenvalue weighted by atomic mass is 10.0. The molecule has 0 atom stereocenters. The molecular weight excluding hydrogens is 366 g/mol. The van der Waals surface area contributed by atoms with E-state index < -0.39 is 10.0 Å². The minimum Gasteiger partial charge on any atom is -0.263 e. The van der Waals surface area contributed by atoms with E-state index in [1.807, 2.05) is 49.4 Å². The quantitative estimate of drug-likeness (QED) is 0.326. The van der Waals surface area contributed by atoms with Crippen molar-refractivity contribution in [2.24, 2.45) is 0 Å². The van der Waals surface area contributed by atoms with Gasteiger partial charge in [0.25, 0.3) is 10.0 Å². The maximum absolute atomic E-state index is 13.3. The predicted octanol–water partition coefficient (Wildman–Crippen LogP) is 5.68. The Hall–Kier alpha value is -3.11. The van der Waals surface area contributed by atoms with E-state index in [1.54, 1.807) is 18.2 Å². The molecule has 4 aromatic carbocycles. The molecule has 0 bridgehead atoms. The standard InChI is InChI=1S/C24H21NO2S/c1-3-14-25(28(26,27)24-12-8-18(2)9-13-24)23-11-10-21-15-19-6-4-5-7-20(19)16-22(21)17-23/h3-13,15-17H,1,14H2,2H3. The summed E-state index contributed by atoms with van der Waals surface area (Å²) in [5.74, 6) is 0. The van der Waals surface area contributed by atoms with Gasteiger partial charge in [-0.05, 0) is 64.9 Å². The molecule has 4 aromatic rings. The second kappa shape index (κ2) is 7.13. The molecule has 0 unspecified atom stereocenters. The highest BCUT2D eigenvalue weighted by atomic mass is 32.2. The van der Waals surface area contributed by atoms with Gasteiger partial charge in [-0.15, -0.1) is 6.58 Å². The fourth-order valence-electron chi connectivity index (χ4n) is 3.38. The predicted molar refractivity (Wildman–Crippen MR) is 117 cm³/mol. The summed E-state index contributed by atoms with van der Waals surface area (Å²) >= 11 is 0. The van der Waals surface area contributed by atoms with Crippen molar-refractivity contribution < 1.29 is 8.42 Å². The molecule has 0 N–H and O–H groups in total. The zero-order valence-electron chi connectivity index (χ0n) is 15.7. The van der Waals surface area contributed by atoms with Gasteiger partial charge < -0.3 is 0 Å². The van der Waals surface area contributed by atoms with Gasteiger partial charge in [0.1, 0.15) is 0 Å². The number of rotatable bonds is 5. The number of benzene rings is 4. The second-order valence-electron chi connectivity index (χ2n) is 6.87. The number of aryl methyl sites for hydroxylation is 1. The smallest absolute Gasteiger partial charge is 0.263 e. The Labute approximate surface area is 165 Å². The van der Waals surface area contributed by atoms with Crippen LogP contribution in [0.15, 0.2) is 96.4 Å². The van der Waals surface area contributed by atoms with Crippen LogP contribution in [0, 0.1) is 6.92 Å². The van der Waals surface area contributed by atoms with E-state index >= 15 is 0 Å². The molecule has 0 aliphatic rings. The van der Waals surface area contributed by atoms with Gasteiger partial charge in [0.05, 0.1) is 17.1 Å². The summed E-state index contributed by atoms with van der Waals surface area (Å²) in [7, 11) is -3.68. The number of fused-ring (bicyclic) bond motifs is 2. The van der Waals surface area contributed by atoms with Crippen LogP contribution in [0.3, 0.4) is 0 Å². The highest BCUT2D eigenvalue weighted by Crippen LogP contribution is 2.30. The molecule has 0 aromatic heterocycles. The van der Waals surface area contributed by atoms with Crippen molar-refractivity contribution in [3.05, 3.63) is 97.1 Å². The molecule has 0 radical (unpaired) electrons. The Morgan fingerprint density at radius 2 is 1.43 bits per heavy atom. The molecule has 0 spiro atoms. The van der Waals surface area contributed by atoms with Gasteiger partial charge in [0.15, 0.2) is 0 Å². The fraction of sp³-hybridized carbons (Fsp3) is 0.0833. The molecule has 140 valence electrons. The van der Waals surface area contributed by atoms with Crippen molar-refractivity contribution in [3.8, 4) is 0 Å². The molecule has 0 fully saturated rings. The molecule has 0 amide bonds. The van der Waals surface area contributed by atoms with E-state index in [-0.39, 0.29) is 11.4 Å². The molecule has 0 saturated carbocycles. The lowest BCUT2D eigenvalue weighted by molar-refractivity contribution is 0.593. The number of sulfonamides is 1. The summed E-state index contributed by atoms with van der Waals surface area (Å²) in [4.78, 5) is 0.276. The van der Waals surface area contributed by atoms with Crippen LogP contribution in [0.25, 0.3) is 21.5 Å². The van der Waals surface area contributed by atoms with Crippen LogP contribution in [-0.2, 0) is 10.0 Å².